The number of piperazine rings is 1. The number of hydrogen-bond donors (Lipinski definition) is 1. The van der Waals surface area contributed by atoms with E-state index in [2.05, 4.69) is 9.88 Å². The molecule has 1 fully saturated rings. The van der Waals surface area contributed by atoms with Crippen molar-refractivity contribution in [1.29, 1.82) is 0 Å². The number of carbonyl (C=O) groups excluding carboxylic acids is 3. The molecule has 1 amide bonds. The van der Waals surface area contributed by atoms with E-state index in [1.165, 1.54) is 18.2 Å². The fourth-order valence-electron chi connectivity index (χ4n) is 4.14. The second-order valence-electron chi connectivity index (χ2n) is 8.62. The Hall–Kier alpha value is -3.49. The molecule has 9 heteroatoms. The third kappa shape index (κ3) is 5.96. The Morgan fingerprint density at radius 1 is 1.03 bits per heavy atom. The summed E-state index contributed by atoms with van der Waals surface area (Å²) in [4.78, 5) is 57.8. The highest BCUT2D eigenvalue weighted by molar-refractivity contribution is 6.30. The summed E-state index contributed by atoms with van der Waals surface area (Å²) in [6.07, 6.45) is -0.0482. The largest absolute Gasteiger partial charge is 0.455 e. The summed E-state index contributed by atoms with van der Waals surface area (Å²) in [6, 6.07) is 14.8. The number of esters is 1. The van der Waals surface area contributed by atoms with Gasteiger partial charge in [0.15, 0.2) is 12.4 Å². The SMILES string of the molecule is CN1CCN(C(=O)COC(=O)C(Cc2cc(=O)[nH]c3ccccc23)C(=O)c2ccc(Cl)cc2)CC1. The van der Waals surface area contributed by atoms with Crippen molar-refractivity contribution in [1.82, 2.24) is 14.8 Å². The van der Waals surface area contributed by atoms with Crippen molar-refractivity contribution < 1.29 is 19.1 Å². The summed E-state index contributed by atoms with van der Waals surface area (Å²) in [5, 5.41) is 1.18. The number of carbonyl (C=O) groups is 3. The molecule has 0 bridgehead atoms. The molecular weight excluding hydrogens is 470 g/mol. The molecule has 4 rings (SSSR count). The molecule has 2 aromatic carbocycles. The predicted octanol–water partition coefficient (Wildman–Crippen LogP) is 2.54. The number of nitrogens with zero attached hydrogens (tertiary/aromatic N) is 2. The van der Waals surface area contributed by atoms with Gasteiger partial charge in [-0.05, 0) is 49.4 Å². The van der Waals surface area contributed by atoms with Crippen molar-refractivity contribution in [2.45, 2.75) is 6.42 Å². The van der Waals surface area contributed by atoms with Crippen molar-refractivity contribution >= 4 is 40.2 Å². The van der Waals surface area contributed by atoms with Crippen molar-refractivity contribution in [3.05, 3.63) is 81.1 Å². The van der Waals surface area contributed by atoms with Gasteiger partial charge in [-0.25, -0.2) is 0 Å². The molecular formula is C26H26ClN3O5. The Kier molecular flexibility index (Phi) is 7.63. The monoisotopic (exact) mass is 495 g/mol. The fourth-order valence-corrected chi connectivity index (χ4v) is 4.27. The van der Waals surface area contributed by atoms with E-state index in [1.807, 2.05) is 19.2 Å². The van der Waals surface area contributed by atoms with Crippen molar-refractivity contribution in [2.24, 2.45) is 5.92 Å². The first kappa shape index (κ1) is 24.6. The normalized spacial score (nSPS) is 15.1. The average Bonchev–Trinajstić information content (AvgIpc) is 2.86. The second-order valence-corrected chi connectivity index (χ2v) is 9.06. The van der Waals surface area contributed by atoms with E-state index < -0.39 is 24.3 Å². The van der Waals surface area contributed by atoms with Crippen LogP contribution < -0.4 is 5.56 Å². The summed E-state index contributed by atoms with van der Waals surface area (Å²) < 4.78 is 5.35. The number of hydrogen-bond acceptors (Lipinski definition) is 6. The van der Waals surface area contributed by atoms with Crippen LogP contribution in [0.1, 0.15) is 15.9 Å². The number of Topliss-reactive ketones (excluding diaryl/α,β-unsaturated/α-hetero) is 1. The summed E-state index contributed by atoms with van der Waals surface area (Å²) in [6.45, 7) is 2.15. The van der Waals surface area contributed by atoms with Gasteiger partial charge in [0, 0.05) is 53.7 Å². The summed E-state index contributed by atoms with van der Waals surface area (Å²) >= 11 is 5.95. The molecule has 1 unspecified atom stereocenters. The molecule has 1 N–H and O–H groups in total. The van der Waals surface area contributed by atoms with Gasteiger partial charge < -0.3 is 19.5 Å². The van der Waals surface area contributed by atoms with Crippen LogP contribution in [0.25, 0.3) is 10.9 Å². The van der Waals surface area contributed by atoms with E-state index in [-0.39, 0.29) is 23.5 Å². The number of ether oxygens (including phenoxy) is 1. The number of nitrogens with one attached hydrogen (secondary N) is 1. The van der Waals surface area contributed by atoms with Crippen molar-refractivity contribution in [3.63, 3.8) is 0 Å². The maximum absolute atomic E-state index is 13.4. The number of pyridine rings is 1. The minimum atomic E-state index is -1.23. The molecule has 8 nitrogen and oxygen atoms in total. The van der Waals surface area contributed by atoms with Gasteiger partial charge in [-0.15, -0.1) is 0 Å². The van der Waals surface area contributed by atoms with Crippen LogP contribution in [0.3, 0.4) is 0 Å². The van der Waals surface area contributed by atoms with Crippen LogP contribution in [0, 0.1) is 5.92 Å². The zero-order valence-electron chi connectivity index (χ0n) is 19.3. The third-order valence-corrected chi connectivity index (χ3v) is 6.44. The Labute approximate surface area is 207 Å². The van der Waals surface area contributed by atoms with Crippen LogP contribution in [0.4, 0.5) is 0 Å². The van der Waals surface area contributed by atoms with Crippen LogP contribution in [0.5, 0.6) is 0 Å². The van der Waals surface area contributed by atoms with E-state index in [4.69, 9.17) is 16.3 Å². The molecule has 2 heterocycles. The number of fused-ring (bicyclic) bond motifs is 1. The topological polar surface area (TPSA) is 99.8 Å². The molecule has 0 saturated carbocycles. The molecule has 0 aliphatic carbocycles. The van der Waals surface area contributed by atoms with Crippen molar-refractivity contribution in [3.8, 4) is 0 Å². The van der Waals surface area contributed by atoms with Crippen LogP contribution >= 0.6 is 11.6 Å². The molecule has 3 aromatic rings. The molecule has 0 radical (unpaired) electrons. The number of amides is 1. The zero-order valence-corrected chi connectivity index (χ0v) is 20.1. The first-order chi connectivity index (χ1) is 16.8. The molecule has 182 valence electrons. The summed E-state index contributed by atoms with van der Waals surface area (Å²) in [7, 11) is 1.98. The van der Waals surface area contributed by atoms with Crippen LogP contribution in [-0.2, 0) is 20.7 Å². The van der Waals surface area contributed by atoms with Gasteiger partial charge in [0.2, 0.25) is 5.56 Å². The number of halogens is 1. The smallest absolute Gasteiger partial charge is 0.317 e. The Morgan fingerprint density at radius 2 is 1.71 bits per heavy atom. The van der Waals surface area contributed by atoms with Crippen molar-refractivity contribution in [2.75, 3.05) is 39.8 Å². The van der Waals surface area contributed by atoms with Gasteiger partial charge in [0.05, 0.1) is 0 Å². The van der Waals surface area contributed by atoms with Gasteiger partial charge in [-0.2, -0.15) is 0 Å². The average molecular weight is 496 g/mol. The number of ketones is 1. The Morgan fingerprint density at radius 3 is 2.43 bits per heavy atom. The first-order valence-electron chi connectivity index (χ1n) is 11.4. The van der Waals surface area contributed by atoms with E-state index in [1.54, 1.807) is 29.2 Å². The highest BCUT2D eigenvalue weighted by Gasteiger charge is 2.31. The number of aromatic amines is 1. The quantitative estimate of drug-likeness (QED) is 0.307. The van der Waals surface area contributed by atoms with Gasteiger partial charge in [-0.1, -0.05) is 29.8 Å². The lowest BCUT2D eigenvalue weighted by molar-refractivity contribution is -0.154. The van der Waals surface area contributed by atoms with E-state index >= 15 is 0 Å². The van der Waals surface area contributed by atoms with Crippen LogP contribution in [-0.4, -0.2) is 72.3 Å². The molecule has 35 heavy (non-hydrogen) atoms. The lowest BCUT2D eigenvalue weighted by Gasteiger charge is -2.32. The molecule has 1 atom stereocenters. The van der Waals surface area contributed by atoms with E-state index in [0.29, 0.717) is 29.2 Å². The summed E-state index contributed by atoms with van der Waals surface area (Å²) in [5.74, 6) is -2.81. The number of aromatic nitrogens is 1. The molecule has 1 aliphatic heterocycles. The van der Waals surface area contributed by atoms with Gasteiger partial charge in [0.1, 0.15) is 5.92 Å². The number of rotatable bonds is 7. The summed E-state index contributed by atoms with van der Waals surface area (Å²) in [5.41, 5.74) is 1.09. The molecule has 1 aromatic heterocycles. The highest BCUT2D eigenvalue weighted by atomic mass is 35.5. The van der Waals surface area contributed by atoms with Crippen LogP contribution in [0.15, 0.2) is 59.4 Å². The van der Waals surface area contributed by atoms with Crippen LogP contribution in [0.2, 0.25) is 5.02 Å². The van der Waals surface area contributed by atoms with Gasteiger partial charge in [-0.3, -0.25) is 19.2 Å². The maximum atomic E-state index is 13.4. The predicted molar refractivity (Wildman–Crippen MR) is 133 cm³/mol. The fraction of sp³-hybridized carbons (Fsp3) is 0.308. The lowest BCUT2D eigenvalue weighted by Crippen LogP contribution is -2.48. The van der Waals surface area contributed by atoms with E-state index in [9.17, 15) is 19.2 Å². The molecule has 1 aliphatic rings. The minimum Gasteiger partial charge on any atom is -0.455 e. The van der Waals surface area contributed by atoms with E-state index in [0.717, 1.165) is 18.5 Å². The van der Waals surface area contributed by atoms with Gasteiger partial charge in [0.25, 0.3) is 5.91 Å². The second kappa shape index (κ2) is 10.8. The third-order valence-electron chi connectivity index (χ3n) is 6.18. The molecule has 1 saturated heterocycles. The Balaban J connectivity index is 1.57. The lowest BCUT2D eigenvalue weighted by atomic mass is 9.90. The number of para-hydroxylation sites is 1. The number of benzene rings is 2. The Bertz CT molecular complexity index is 1300. The number of likely N-dealkylation sites (N-methyl/N-ethyl adjacent to an activating group) is 1. The van der Waals surface area contributed by atoms with Gasteiger partial charge >= 0.3 is 5.97 Å². The number of H-pyrrole nitrogens is 1. The molecule has 0 spiro atoms. The standard InChI is InChI=1S/C26H26ClN3O5/c1-29-10-12-30(13-11-29)24(32)16-35-26(34)21(25(33)17-6-8-19(27)9-7-17)14-18-15-23(31)28-22-5-3-2-4-20(18)22/h2-9,15,21H,10-14,16H2,1H3,(H,28,31). The zero-order chi connectivity index (χ0) is 24.9. The minimum absolute atomic E-state index is 0.0482. The highest BCUT2D eigenvalue weighted by Crippen LogP contribution is 2.22. The first-order valence-corrected chi connectivity index (χ1v) is 11.7. The maximum Gasteiger partial charge on any atom is 0.317 e.